The molecule has 4 aliphatic rings. The highest BCUT2D eigenvalue weighted by atomic mass is 16.2. The largest absolute Gasteiger partial charge is 0.342 e. The van der Waals surface area contributed by atoms with Crippen LogP contribution >= 0.6 is 0 Å². The van der Waals surface area contributed by atoms with E-state index >= 15 is 0 Å². The highest BCUT2D eigenvalue weighted by Gasteiger charge is 2.36. The predicted octanol–water partition coefficient (Wildman–Crippen LogP) is 2.28. The minimum Gasteiger partial charge on any atom is -0.342 e. The number of amides is 1. The average Bonchev–Trinajstić information content (AvgIpc) is 3.24. The Morgan fingerprint density at radius 2 is 1.47 bits per heavy atom. The Hall–Kier alpha value is -1.43. The van der Waals surface area contributed by atoms with Gasteiger partial charge in [0.1, 0.15) is 0 Å². The summed E-state index contributed by atoms with van der Waals surface area (Å²) in [6, 6.07) is 10.6. The number of nitrogens with zero attached hydrogens (tertiary/aromatic N) is 3. The van der Waals surface area contributed by atoms with Gasteiger partial charge in [-0.3, -0.25) is 14.6 Å². The first-order valence-corrected chi connectivity index (χ1v) is 12.3. The van der Waals surface area contributed by atoms with Crippen molar-refractivity contribution in [2.45, 2.75) is 69.5 Å². The van der Waals surface area contributed by atoms with Gasteiger partial charge >= 0.3 is 0 Å². The molecule has 1 amide bonds. The van der Waals surface area contributed by atoms with E-state index in [0.717, 1.165) is 38.9 Å². The van der Waals surface area contributed by atoms with Crippen molar-refractivity contribution in [1.82, 2.24) is 14.7 Å². The Morgan fingerprint density at radius 3 is 2.13 bits per heavy atom. The summed E-state index contributed by atoms with van der Waals surface area (Å²) in [4.78, 5) is 20.6. The highest BCUT2D eigenvalue weighted by Crippen LogP contribution is 2.30. The molecule has 3 saturated heterocycles. The molecule has 1 atom stereocenters. The lowest BCUT2D eigenvalue weighted by atomic mass is 9.91. The van der Waals surface area contributed by atoms with Gasteiger partial charge in [0.25, 0.3) is 0 Å². The summed E-state index contributed by atoms with van der Waals surface area (Å²) in [5, 5.41) is 0. The van der Waals surface area contributed by atoms with Crippen molar-refractivity contribution >= 4 is 5.91 Å². The maximum absolute atomic E-state index is 13.1. The predicted molar refractivity (Wildman–Crippen MR) is 120 cm³/mol. The van der Waals surface area contributed by atoms with Crippen molar-refractivity contribution in [3.8, 4) is 0 Å². The van der Waals surface area contributed by atoms with Gasteiger partial charge < -0.3 is 10.6 Å². The molecule has 1 unspecified atom stereocenters. The molecule has 3 aliphatic heterocycles. The number of carbonyl (C=O) groups is 1. The minimum atomic E-state index is 0.204. The van der Waals surface area contributed by atoms with Gasteiger partial charge in [-0.2, -0.15) is 0 Å². The highest BCUT2D eigenvalue weighted by molar-refractivity contribution is 5.79. The molecule has 30 heavy (non-hydrogen) atoms. The quantitative estimate of drug-likeness (QED) is 0.831. The normalized spacial score (nSPS) is 28.0. The smallest absolute Gasteiger partial charge is 0.226 e. The molecule has 0 radical (unpaired) electrons. The van der Waals surface area contributed by atoms with E-state index in [1.807, 2.05) is 0 Å². The third kappa shape index (κ3) is 4.30. The Balaban J connectivity index is 1.12. The van der Waals surface area contributed by atoms with E-state index in [1.165, 1.54) is 51.7 Å². The third-order valence-electron chi connectivity index (χ3n) is 8.21. The Kier molecular flexibility index (Phi) is 6.12. The fourth-order valence-corrected chi connectivity index (χ4v) is 6.33. The molecule has 1 aromatic rings. The molecule has 1 aliphatic carbocycles. The number of fused-ring (bicyclic) bond motifs is 1. The Morgan fingerprint density at radius 1 is 0.800 bits per heavy atom. The Labute approximate surface area is 181 Å². The summed E-state index contributed by atoms with van der Waals surface area (Å²) < 4.78 is 0. The molecule has 0 spiro atoms. The first-order valence-electron chi connectivity index (χ1n) is 12.3. The second kappa shape index (κ2) is 8.97. The lowest BCUT2D eigenvalue weighted by molar-refractivity contribution is -0.138. The average molecular weight is 411 g/mol. The van der Waals surface area contributed by atoms with Gasteiger partial charge in [0.05, 0.1) is 5.92 Å². The van der Waals surface area contributed by atoms with Crippen molar-refractivity contribution < 1.29 is 4.79 Å². The lowest BCUT2D eigenvalue weighted by Crippen LogP contribution is -2.53. The fraction of sp³-hybridized carbons (Fsp3) is 0.720. The van der Waals surface area contributed by atoms with Crippen LogP contribution in [-0.4, -0.2) is 78.0 Å². The van der Waals surface area contributed by atoms with Gasteiger partial charge in [-0.15, -0.1) is 0 Å². The molecular formula is C25H38N4O. The lowest BCUT2D eigenvalue weighted by Gasteiger charge is -2.44. The van der Waals surface area contributed by atoms with Crippen molar-refractivity contribution in [1.29, 1.82) is 0 Å². The summed E-state index contributed by atoms with van der Waals surface area (Å²) in [7, 11) is 0. The molecule has 3 heterocycles. The standard InChI is InChI=1S/C25H38N4O/c26-22-7-12-28(13-8-22)25(30)21-6-3-11-29(18-21)23-9-14-27(15-10-23)24-16-19-4-1-2-5-20(19)17-24/h1-2,4-5,21-24H,3,6-18,26H2. The van der Waals surface area contributed by atoms with Crippen LogP contribution in [0.5, 0.6) is 0 Å². The molecule has 0 saturated carbocycles. The molecule has 2 N–H and O–H groups in total. The number of hydrogen-bond donors (Lipinski definition) is 1. The fourth-order valence-electron chi connectivity index (χ4n) is 6.33. The van der Waals surface area contributed by atoms with Gasteiger partial charge in [-0.05, 0) is 82.1 Å². The van der Waals surface area contributed by atoms with E-state index in [-0.39, 0.29) is 12.0 Å². The van der Waals surface area contributed by atoms with Gasteiger partial charge in [0.2, 0.25) is 5.91 Å². The molecular weight excluding hydrogens is 372 g/mol. The number of hydrogen-bond acceptors (Lipinski definition) is 4. The molecule has 3 fully saturated rings. The van der Waals surface area contributed by atoms with E-state index in [0.29, 0.717) is 18.0 Å². The van der Waals surface area contributed by atoms with Crippen LogP contribution in [0.15, 0.2) is 24.3 Å². The van der Waals surface area contributed by atoms with Crippen molar-refractivity contribution in [3.63, 3.8) is 0 Å². The Bertz CT molecular complexity index is 711. The van der Waals surface area contributed by atoms with Crippen LogP contribution in [0.2, 0.25) is 0 Å². The monoisotopic (exact) mass is 410 g/mol. The van der Waals surface area contributed by atoms with Crippen LogP contribution < -0.4 is 5.73 Å². The zero-order valence-corrected chi connectivity index (χ0v) is 18.3. The summed E-state index contributed by atoms with van der Waals surface area (Å²) in [6.45, 7) is 6.29. The first-order chi connectivity index (χ1) is 14.7. The molecule has 5 rings (SSSR count). The number of piperidine rings is 3. The summed E-state index contributed by atoms with van der Waals surface area (Å²) in [5.41, 5.74) is 9.14. The maximum atomic E-state index is 13.1. The van der Waals surface area contributed by atoms with Gasteiger partial charge in [-0.25, -0.2) is 0 Å². The third-order valence-corrected chi connectivity index (χ3v) is 8.21. The summed E-state index contributed by atoms with van der Waals surface area (Å²) in [6.07, 6.45) is 9.12. The van der Waals surface area contributed by atoms with E-state index in [9.17, 15) is 4.79 Å². The van der Waals surface area contributed by atoms with Gasteiger partial charge in [0.15, 0.2) is 0 Å². The van der Waals surface area contributed by atoms with Crippen molar-refractivity contribution in [2.75, 3.05) is 39.3 Å². The summed E-state index contributed by atoms with van der Waals surface area (Å²) in [5.74, 6) is 0.600. The molecule has 164 valence electrons. The number of carbonyl (C=O) groups excluding carboxylic acids is 1. The SMILES string of the molecule is NC1CCN(C(=O)C2CCCN(C3CCN(C4Cc5ccccc5C4)CC3)C2)CC1. The van der Waals surface area contributed by atoms with Gasteiger partial charge in [0, 0.05) is 37.8 Å². The van der Waals surface area contributed by atoms with Crippen LogP contribution in [0.1, 0.15) is 49.7 Å². The van der Waals surface area contributed by atoms with Crippen molar-refractivity contribution in [3.05, 3.63) is 35.4 Å². The van der Waals surface area contributed by atoms with Crippen LogP contribution in [0.3, 0.4) is 0 Å². The van der Waals surface area contributed by atoms with E-state index in [2.05, 4.69) is 39.0 Å². The first kappa shape index (κ1) is 20.5. The number of rotatable bonds is 3. The number of likely N-dealkylation sites (tertiary alicyclic amines) is 3. The van der Waals surface area contributed by atoms with Gasteiger partial charge in [-0.1, -0.05) is 24.3 Å². The van der Waals surface area contributed by atoms with Crippen LogP contribution in [0.25, 0.3) is 0 Å². The van der Waals surface area contributed by atoms with Crippen LogP contribution in [-0.2, 0) is 17.6 Å². The minimum absolute atomic E-state index is 0.204. The zero-order valence-electron chi connectivity index (χ0n) is 18.3. The molecule has 0 aromatic heterocycles. The molecule has 0 bridgehead atoms. The van der Waals surface area contributed by atoms with E-state index < -0.39 is 0 Å². The van der Waals surface area contributed by atoms with Crippen molar-refractivity contribution in [2.24, 2.45) is 11.7 Å². The second-order valence-electron chi connectivity index (χ2n) is 10.1. The molecule has 5 nitrogen and oxygen atoms in total. The van der Waals surface area contributed by atoms with Crippen LogP contribution in [0, 0.1) is 5.92 Å². The zero-order chi connectivity index (χ0) is 20.5. The van der Waals surface area contributed by atoms with E-state index in [1.54, 1.807) is 11.1 Å². The second-order valence-corrected chi connectivity index (χ2v) is 10.1. The molecule has 1 aromatic carbocycles. The maximum Gasteiger partial charge on any atom is 0.226 e. The number of nitrogens with two attached hydrogens (primary N) is 1. The summed E-state index contributed by atoms with van der Waals surface area (Å²) >= 11 is 0. The molecule has 5 heteroatoms. The van der Waals surface area contributed by atoms with Crippen LogP contribution in [0.4, 0.5) is 0 Å². The topological polar surface area (TPSA) is 52.8 Å². The van der Waals surface area contributed by atoms with E-state index in [4.69, 9.17) is 5.73 Å². The number of benzene rings is 1.